The second-order valence-electron chi connectivity index (χ2n) is 6.16. The Morgan fingerprint density at radius 1 is 1.18 bits per heavy atom. The minimum Gasteiger partial charge on any atom is -0.411 e. The van der Waals surface area contributed by atoms with Crippen molar-refractivity contribution in [3.63, 3.8) is 0 Å². The molecule has 1 heterocycles. The van der Waals surface area contributed by atoms with Crippen molar-refractivity contribution in [1.82, 2.24) is 10.2 Å². The summed E-state index contributed by atoms with van der Waals surface area (Å²) >= 11 is 1.13. The third-order valence-electron chi connectivity index (χ3n) is 3.85. The van der Waals surface area contributed by atoms with E-state index in [4.69, 9.17) is 4.42 Å². The lowest BCUT2D eigenvalue weighted by molar-refractivity contribution is -0.384. The molecule has 0 spiro atoms. The number of thioether (sulfide) groups is 1. The zero-order valence-electron chi connectivity index (χ0n) is 15.3. The molecule has 144 valence electrons. The Labute approximate surface area is 165 Å². The van der Waals surface area contributed by atoms with Crippen molar-refractivity contribution in [3.05, 3.63) is 64.7 Å². The largest absolute Gasteiger partial charge is 0.411 e. The van der Waals surface area contributed by atoms with Gasteiger partial charge in [-0.2, -0.15) is 0 Å². The molecule has 1 aromatic heterocycles. The quantitative estimate of drug-likeness (QED) is 0.334. The maximum absolute atomic E-state index is 12.7. The molecule has 0 aliphatic carbocycles. The predicted molar refractivity (Wildman–Crippen MR) is 106 cm³/mol. The van der Waals surface area contributed by atoms with E-state index in [9.17, 15) is 14.9 Å². The van der Waals surface area contributed by atoms with Crippen molar-refractivity contribution >= 4 is 29.0 Å². The summed E-state index contributed by atoms with van der Waals surface area (Å²) in [6.45, 7) is 3.89. The van der Waals surface area contributed by atoms with E-state index in [-0.39, 0.29) is 34.5 Å². The SMILES string of the molecule is CC(C)N(C(=O)CSc1nnc(-c2cccc([N+](=O)[O-])c2)o1)c1ccccc1. The van der Waals surface area contributed by atoms with Crippen molar-refractivity contribution in [2.75, 3.05) is 10.7 Å². The number of nitrogens with zero attached hydrogens (tertiary/aromatic N) is 4. The first kappa shape index (κ1) is 19.6. The molecule has 0 aliphatic rings. The molecule has 0 N–H and O–H groups in total. The average Bonchev–Trinajstić information content (AvgIpc) is 3.16. The summed E-state index contributed by atoms with van der Waals surface area (Å²) in [4.78, 5) is 24.8. The smallest absolute Gasteiger partial charge is 0.277 e. The van der Waals surface area contributed by atoms with Gasteiger partial charge in [0.1, 0.15) is 0 Å². The zero-order chi connectivity index (χ0) is 20.1. The van der Waals surface area contributed by atoms with Crippen LogP contribution in [-0.2, 0) is 4.79 Å². The number of nitro groups is 1. The van der Waals surface area contributed by atoms with E-state index in [1.54, 1.807) is 17.0 Å². The number of benzene rings is 2. The average molecular weight is 398 g/mol. The number of non-ortho nitro benzene ring substituents is 1. The highest BCUT2D eigenvalue weighted by atomic mass is 32.2. The standard InChI is InChI=1S/C19H18N4O4S/c1-13(2)22(15-8-4-3-5-9-15)17(24)12-28-19-21-20-18(27-19)14-7-6-10-16(11-14)23(25)26/h3-11,13H,12H2,1-2H3. The number of amides is 1. The number of nitro benzene ring substituents is 1. The fourth-order valence-corrected chi connectivity index (χ4v) is 3.27. The van der Waals surface area contributed by atoms with Gasteiger partial charge in [0.15, 0.2) is 0 Å². The van der Waals surface area contributed by atoms with Crippen LogP contribution < -0.4 is 4.90 Å². The molecular weight excluding hydrogens is 380 g/mol. The second kappa shape index (κ2) is 8.66. The Morgan fingerprint density at radius 2 is 1.93 bits per heavy atom. The highest BCUT2D eigenvalue weighted by Gasteiger charge is 2.20. The first-order valence-corrected chi connectivity index (χ1v) is 9.52. The molecule has 0 fully saturated rings. The van der Waals surface area contributed by atoms with Crippen LogP contribution in [0.3, 0.4) is 0 Å². The van der Waals surface area contributed by atoms with Gasteiger partial charge in [0.05, 0.1) is 10.7 Å². The van der Waals surface area contributed by atoms with E-state index < -0.39 is 4.92 Å². The van der Waals surface area contributed by atoms with Crippen molar-refractivity contribution in [2.24, 2.45) is 0 Å². The Hall–Kier alpha value is -3.20. The van der Waals surface area contributed by atoms with Crippen LogP contribution in [0.5, 0.6) is 0 Å². The first-order chi connectivity index (χ1) is 13.5. The van der Waals surface area contributed by atoms with Crippen LogP contribution in [0.25, 0.3) is 11.5 Å². The van der Waals surface area contributed by atoms with Gasteiger partial charge in [0.2, 0.25) is 11.8 Å². The number of rotatable bonds is 7. The van der Waals surface area contributed by atoms with Gasteiger partial charge < -0.3 is 9.32 Å². The van der Waals surface area contributed by atoms with Gasteiger partial charge in [-0.25, -0.2) is 0 Å². The van der Waals surface area contributed by atoms with Crippen LogP contribution in [0.15, 0.2) is 64.2 Å². The number of carbonyl (C=O) groups excluding carboxylic acids is 1. The minimum atomic E-state index is -0.488. The highest BCUT2D eigenvalue weighted by molar-refractivity contribution is 7.99. The number of carbonyl (C=O) groups is 1. The van der Waals surface area contributed by atoms with Gasteiger partial charge in [-0.05, 0) is 32.0 Å². The molecule has 2 aromatic carbocycles. The molecule has 0 saturated carbocycles. The molecule has 0 aliphatic heterocycles. The molecule has 1 amide bonds. The third-order valence-corrected chi connectivity index (χ3v) is 4.65. The van der Waals surface area contributed by atoms with Gasteiger partial charge >= 0.3 is 0 Å². The summed E-state index contributed by atoms with van der Waals surface area (Å²) in [5, 5.41) is 19.0. The maximum atomic E-state index is 12.7. The van der Waals surface area contributed by atoms with Gasteiger partial charge in [-0.1, -0.05) is 36.0 Å². The fraction of sp³-hybridized carbons (Fsp3) is 0.211. The van der Waals surface area contributed by atoms with E-state index in [2.05, 4.69) is 10.2 Å². The minimum absolute atomic E-state index is 0.00128. The number of hydrogen-bond acceptors (Lipinski definition) is 7. The molecular formula is C19H18N4O4S. The predicted octanol–water partition coefficient (Wildman–Crippen LogP) is 4.18. The number of para-hydroxylation sites is 1. The van der Waals surface area contributed by atoms with Crippen LogP contribution in [0.1, 0.15) is 13.8 Å². The van der Waals surface area contributed by atoms with Gasteiger partial charge in [-0.3, -0.25) is 14.9 Å². The fourth-order valence-electron chi connectivity index (χ4n) is 2.65. The maximum Gasteiger partial charge on any atom is 0.277 e. The summed E-state index contributed by atoms with van der Waals surface area (Å²) in [5.74, 6) is 0.215. The van der Waals surface area contributed by atoms with Crippen LogP contribution in [0.2, 0.25) is 0 Å². The van der Waals surface area contributed by atoms with E-state index in [0.29, 0.717) is 5.56 Å². The Kier molecular flexibility index (Phi) is 6.05. The zero-order valence-corrected chi connectivity index (χ0v) is 16.1. The normalized spacial score (nSPS) is 10.8. The Bertz CT molecular complexity index is 975. The Balaban J connectivity index is 1.69. The number of anilines is 1. The van der Waals surface area contributed by atoms with Gasteiger partial charge in [0, 0.05) is 29.4 Å². The van der Waals surface area contributed by atoms with Crippen LogP contribution in [0, 0.1) is 10.1 Å². The summed E-state index contributed by atoms with van der Waals surface area (Å²) in [6, 6.07) is 15.4. The molecule has 0 bridgehead atoms. The topological polar surface area (TPSA) is 102 Å². The lowest BCUT2D eigenvalue weighted by atomic mass is 10.2. The molecule has 9 heteroatoms. The highest BCUT2D eigenvalue weighted by Crippen LogP contribution is 2.26. The van der Waals surface area contributed by atoms with E-state index in [1.807, 2.05) is 44.2 Å². The first-order valence-electron chi connectivity index (χ1n) is 8.54. The molecule has 8 nitrogen and oxygen atoms in total. The van der Waals surface area contributed by atoms with Gasteiger partial charge in [0.25, 0.3) is 10.9 Å². The van der Waals surface area contributed by atoms with Crippen molar-refractivity contribution < 1.29 is 14.1 Å². The van der Waals surface area contributed by atoms with Crippen molar-refractivity contribution in [3.8, 4) is 11.5 Å². The molecule has 28 heavy (non-hydrogen) atoms. The number of aromatic nitrogens is 2. The van der Waals surface area contributed by atoms with Gasteiger partial charge in [-0.15, -0.1) is 10.2 Å². The van der Waals surface area contributed by atoms with E-state index in [1.165, 1.54) is 12.1 Å². The molecule has 0 atom stereocenters. The molecule has 0 saturated heterocycles. The van der Waals surface area contributed by atoms with Crippen LogP contribution in [-0.4, -0.2) is 32.8 Å². The van der Waals surface area contributed by atoms with E-state index >= 15 is 0 Å². The summed E-state index contributed by atoms with van der Waals surface area (Å²) in [5.41, 5.74) is 1.22. The summed E-state index contributed by atoms with van der Waals surface area (Å²) in [7, 11) is 0. The van der Waals surface area contributed by atoms with E-state index in [0.717, 1.165) is 17.4 Å². The lowest BCUT2D eigenvalue weighted by Gasteiger charge is -2.26. The summed E-state index contributed by atoms with van der Waals surface area (Å²) in [6.07, 6.45) is 0. The third kappa shape index (κ3) is 4.55. The lowest BCUT2D eigenvalue weighted by Crippen LogP contribution is -2.38. The molecule has 0 radical (unpaired) electrons. The summed E-state index contributed by atoms with van der Waals surface area (Å²) < 4.78 is 5.55. The van der Waals surface area contributed by atoms with Crippen LogP contribution in [0.4, 0.5) is 11.4 Å². The molecule has 0 unspecified atom stereocenters. The Morgan fingerprint density at radius 3 is 2.61 bits per heavy atom. The number of hydrogen-bond donors (Lipinski definition) is 0. The molecule has 3 rings (SSSR count). The van der Waals surface area contributed by atoms with Crippen molar-refractivity contribution in [1.29, 1.82) is 0 Å². The molecule has 3 aromatic rings. The second-order valence-corrected chi connectivity index (χ2v) is 7.09. The van der Waals surface area contributed by atoms with Crippen molar-refractivity contribution in [2.45, 2.75) is 25.1 Å². The monoisotopic (exact) mass is 398 g/mol. The van der Waals surface area contributed by atoms with Crippen LogP contribution >= 0.6 is 11.8 Å².